The van der Waals surface area contributed by atoms with Gasteiger partial charge in [-0.15, -0.1) is 0 Å². The molecule has 17 heavy (non-hydrogen) atoms. The van der Waals surface area contributed by atoms with Gasteiger partial charge in [-0.25, -0.2) is 4.39 Å². The van der Waals surface area contributed by atoms with Crippen LogP contribution in [-0.2, 0) is 13.6 Å². The fraction of sp³-hybridized carbons (Fsp3) is 0.250. The predicted molar refractivity (Wildman–Crippen MR) is 63.0 cm³/mol. The molecule has 2 N–H and O–H groups in total. The maximum Gasteiger partial charge on any atom is 0.165 e. The maximum atomic E-state index is 13.6. The Kier molecular flexibility index (Phi) is 3.10. The van der Waals surface area contributed by atoms with Crippen LogP contribution in [0, 0.1) is 5.82 Å². The van der Waals surface area contributed by atoms with Gasteiger partial charge in [0, 0.05) is 30.9 Å². The topological polar surface area (TPSA) is 53.1 Å². The van der Waals surface area contributed by atoms with Crippen LogP contribution in [0.25, 0.3) is 11.3 Å². The highest BCUT2D eigenvalue weighted by Gasteiger charge is 2.11. The fourth-order valence-electron chi connectivity index (χ4n) is 1.74. The lowest BCUT2D eigenvalue weighted by Crippen LogP contribution is -1.97. The maximum absolute atomic E-state index is 13.6. The molecule has 1 heterocycles. The molecule has 90 valence electrons. The van der Waals surface area contributed by atoms with E-state index in [1.807, 2.05) is 13.2 Å². The van der Waals surface area contributed by atoms with Gasteiger partial charge < -0.3 is 10.5 Å². The van der Waals surface area contributed by atoms with Gasteiger partial charge in [-0.3, -0.25) is 4.68 Å². The predicted octanol–water partition coefficient (Wildman–Crippen LogP) is 1.69. The number of nitrogens with zero attached hydrogens (tertiary/aromatic N) is 2. The van der Waals surface area contributed by atoms with Crippen LogP contribution in [0.4, 0.5) is 4.39 Å². The van der Waals surface area contributed by atoms with Gasteiger partial charge in [0.15, 0.2) is 11.6 Å². The molecule has 0 spiro atoms. The summed E-state index contributed by atoms with van der Waals surface area (Å²) < 4.78 is 20.1. The van der Waals surface area contributed by atoms with Crippen LogP contribution in [0.15, 0.2) is 24.4 Å². The lowest BCUT2D eigenvalue weighted by molar-refractivity contribution is 0.386. The number of benzene rings is 1. The molecule has 0 fully saturated rings. The number of rotatable bonds is 3. The molecule has 0 amide bonds. The number of hydrogen-bond donors (Lipinski definition) is 1. The van der Waals surface area contributed by atoms with Crippen molar-refractivity contribution in [1.82, 2.24) is 9.78 Å². The first-order valence-corrected chi connectivity index (χ1v) is 5.22. The first-order valence-electron chi connectivity index (χ1n) is 5.22. The third kappa shape index (κ3) is 2.14. The monoisotopic (exact) mass is 235 g/mol. The van der Waals surface area contributed by atoms with E-state index in [0.29, 0.717) is 17.8 Å². The van der Waals surface area contributed by atoms with Gasteiger partial charge in [0.1, 0.15) is 0 Å². The lowest BCUT2D eigenvalue weighted by Gasteiger charge is -2.04. The van der Waals surface area contributed by atoms with Crippen molar-refractivity contribution in [2.45, 2.75) is 6.54 Å². The average molecular weight is 235 g/mol. The SMILES string of the molecule is COc1ccc(-c2nn(C)cc2CN)cc1F. The molecule has 4 nitrogen and oxygen atoms in total. The van der Waals surface area contributed by atoms with Gasteiger partial charge in [-0.1, -0.05) is 0 Å². The zero-order chi connectivity index (χ0) is 12.4. The van der Waals surface area contributed by atoms with E-state index >= 15 is 0 Å². The molecule has 2 rings (SSSR count). The Labute approximate surface area is 98.8 Å². The van der Waals surface area contributed by atoms with Crippen molar-refractivity contribution in [3.05, 3.63) is 35.8 Å². The summed E-state index contributed by atoms with van der Waals surface area (Å²) in [5.74, 6) is -0.183. The molecule has 1 aromatic heterocycles. The zero-order valence-corrected chi connectivity index (χ0v) is 9.77. The number of aryl methyl sites for hydroxylation is 1. The lowest BCUT2D eigenvalue weighted by atomic mass is 10.1. The van der Waals surface area contributed by atoms with E-state index in [1.54, 1.807) is 16.8 Å². The van der Waals surface area contributed by atoms with E-state index in [4.69, 9.17) is 10.5 Å². The Hall–Kier alpha value is -1.88. The van der Waals surface area contributed by atoms with Crippen molar-refractivity contribution in [2.24, 2.45) is 12.8 Å². The van der Waals surface area contributed by atoms with E-state index in [-0.39, 0.29) is 5.75 Å². The highest BCUT2D eigenvalue weighted by molar-refractivity contribution is 5.63. The largest absolute Gasteiger partial charge is 0.494 e. The molecule has 0 aliphatic heterocycles. The molecular weight excluding hydrogens is 221 g/mol. The minimum Gasteiger partial charge on any atom is -0.494 e. The highest BCUT2D eigenvalue weighted by Crippen LogP contribution is 2.26. The quantitative estimate of drug-likeness (QED) is 0.880. The number of ether oxygens (including phenoxy) is 1. The van der Waals surface area contributed by atoms with Crippen LogP contribution >= 0.6 is 0 Å². The van der Waals surface area contributed by atoms with Crippen molar-refractivity contribution < 1.29 is 9.13 Å². The normalized spacial score (nSPS) is 10.6. The van der Waals surface area contributed by atoms with Crippen molar-refractivity contribution in [1.29, 1.82) is 0 Å². The van der Waals surface area contributed by atoms with Gasteiger partial charge in [-0.2, -0.15) is 5.10 Å². The van der Waals surface area contributed by atoms with Crippen LogP contribution in [0.3, 0.4) is 0 Å². The third-order valence-corrected chi connectivity index (χ3v) is 2.55. The number of hydrogen-bond acceptors (Lipinski definition) is 3. The molecule has 0 saturated heterocycles. The van der Waals surface area contributed by atoms with Gasteiger partial charge in [0.05, 0.1) is 12.8 Å². The first-order chi connectivity index (χ1) is 8.15. The summed E-state index contributed by atoms with van der Waals surface area (Å²) >= 11 is 0. The Morgan fingerprint density at radius 2 is 2.24 bits per heavy atom. The highest BCUT2D eigenvalue weighted by atomic mass is 19.1. The summed E-state index contributed by atoms with van der Waals surface area (Å²) in [7, 11) is 3.24. The Bertz CT molecular complexity index is 537. The van der Waals surface area contributed by atoms with Gasteiger partial charge in [0.25, 0.3) is 0 Å². The van der Waals surface area contributed by atoms with Crippen LogP contribution in [0.1, 0.15) is 5.56 Å². The molecule has 5 heteroatoms. The molecule has 0 saturated carbocycles. The van der Waals surface area contributed by atoms with Crippen LogP contribution < -0.4 is 10.5 Å². The van der Waals surface area contributed by atoms with E-state index in [9.17, 15) is 4.39 Å². The minimum atomic E-state index is -0.404. The summed E-state index contributed by atoms with van der Waals surface area (Å²) in [4.78, 5) is 0. The molecule has 0 atom stereocenters. The summed E-state index contributed by atoms with van der Waals surface area (Å²) in [5, 5.41) is 4.28. The standard InChI is InChI=1S/C12H14FN3O/c1-16-7-9(6-14)12(15-16)8-3-4-11(17-2)10(13)5-8/h3-5,7H,6,14H2,1-2H3. The second-order valence-corrected chi connectivity index (χ2v) is 3.73. The Morgan fingerprint density at radius 3 is 2.82 bits per heavy atom. The Morgan fingerprint density at radius 1 is 1.47 bits per heavy atom. The van der Waals surface area contributed by atoms with Crippen LogP contribution in [0.2, 0.25) is 0 Å². The minimum absolute atomic E-state index is 0.221. The smallest absolute Gasteiger partial charge is 0.165 e. The average Bonchev–Trinajstić information content (AvgIpc) is 2.70. The fourth-order valence-corrected chi connectivity index (χ4v) is 1.74. The van der Waals surface area contributed by atoms with E-state index in [0.717, 1.165) is 5.56 Å². The first kappa shape index (κ1) is 11.6. The van der Waals surface area contributed by atoms with Crippen LogP contribution in [-0.4, -0.2) is 16.9 Å². The Balaban J connectivity index is 2.49. The molecular formula is C12H14FN3O. The van der Waals surface area contributed by atoms with Crippen molar-refractivity contribution in [3.63, 3.8) is 0 Å². The summed E-state index contributed by atoms with van der Waals surface area (Å²) in [6.45, 7) is 0.372. The van der Waals surface area contributed by atoms with E-state index in [1.165, 1.54) is 13.2 Å². The molecule has 0 bridgehead atoms. The summed E-state index contributed by atoms with van der Waals surface area (Å²) in [6.07, 6.45) is 1.83. The zero-order valence-electron chi connectivity index (χ0n) is 9.77. The second kappa shape index (κ2) is 4.55. The number of halogens is 1. The van der Waals surface area contributed by atoms with Crippen molar-refractivity contribution >= 4 is 0 Å². The van der Waals surface area contributed by atoms with Crippen molar-refractivity contribution in [2.75, 3.05) is 7.11 Å². The molecule has 1 aromatic carbocycles. The number of methoxy groups -OCH3 is 1. The van der Waals surface area contributed by atoms with Gasteiger partial charge in [-0.05, 0) is 18.2 Å². The summed E-state index contributed by atoms with van der Waals surface area (Å²) in [5.41, 5.74) is 7.91. The molecule has 0 aliphatic rings. The van der Waals surface area contributed by atoms with Crippen LogP contribution in [0.5, 0.6) is 5.75 Å². The molecule has 2 aromatic rings. The number of nitrogens with two attached hydrogens (primary N) is 1. The molecule has 0 unspecified atom stereocenters. The molecule has 0 radical (unpaired) electrons. The second-order valence-electron chi connectivity index (χ2n) is 3.73. The van der Waals surface area contributed by atoms with E-state index < -0.39 is 5.82 Å². The van der Waals surface area contributed by atoms with Gasteiger partial charge >= 0.3 is 0 Å². The van der Waals surface area contributed by atoms with Crippen molar-refractivity contribution in [3.8, 4) is 17.0 Å². The summed E-state index contributed by atoms with van der Waals surface area (Å²) in [6, 6.07) is 4.75. The van der Waals surface area contributed by atoms with E-state index in [2.05, 4.69) is 5.10 Å². The number of aromatic nitrogens is 2. The van der Waals surface area contributed by atoms with Gasteiger partial charge in [0.2, 0.25) is 0 Å². The molecule has 0 aliphatic carbocycles. The third-order valence-electron chi connectivity index (χ3n) is 2.55.